The molecule has 0 saturated heterocycles. The average molecular weight is 440 g/mol. The van der Waals surface area contributed by atoms with E-state index in [1.165, 1.54) is 16.4 Å². The first kappa shape index (κ1) is 20.5. The van der Waals surface area contributed by atoms with Crippen molar-refractivity contribution in [1.29, 1.82) is 0 Å². The summed E-state index contributed by atoms with van der Waals surface area (Å²) in [7, 11) is -3.88. The number of carbonyl (C=O) groups is 1. The molecule has 1 N–H and O–H groups in total. The molecular weight excluding hydrogens is 418 g/mol. The minimum atomic E-state index is -3.88. The second-order valence-corrected chi connectivity index (χ2v) is 8.58. The largest absolute Gasteiger partial charge is 0.481 e. The molecule has 140 valence electrons. The number of halogens is 1. The van der Waals surface area contributed by atoms with Crippen molar-refractivity contribution in [3.05, 3.63) is 58.1 Å². The molecule has 2 aromatic carbocycles. The fourth-order valence-corrected chi connectivity index (χ4v) is 4.62. The van der Waals surface area contributed by atoms with Crippen LogP contribution in [0.3, 0.4) is 0 Å². The third kappa shape index (κ3) is 4.45. The molecule has 0 heterocycles. The lowest BCUT2D eigenvalue weighted by atomic mass is 10.0. The number of rotatable bonds is 8. The van der Waals surface area contributed by atoms with Crippen molar-refractivity contribution in [2.24, 2.45) is 0 Å². The molecule has 0 fully saturated rings. The number of hydrogen-bond acceptors (Lipinski definition) is 3. The molecule has 0 saturated carbocycles. The molecule has 2 rings (SSSR count). The zero-order valence-electron chi connectivity index (χ0n) is 14.8. The first-order valence-electron chi connectivity index (χ1n) is 8.42. The quantitative estimate of drug-likeness (QED) is 0.666. The normalized spacial score (nSPS) is 11.3. The number of nitrogens with zero attached hydrogens (tertiary/aromatic N) is 1. The van der Waals surface area contributed by atoms with Gasteiger partial charge in [0, 0.05) is 11.0 Å². The van der Waals surface area contributed by atoms with Crippen LogP contribution in [-0.2, 0) is 27.7 Å². The molecule has 0 amide bonds. The smallest absolute Gasteiger partial charge is 0.305 e. The summed E-state index contributed by atoms with van der Waals surface area (Å²) in [5.41, 5.74) is 2.37. The molecule has 0 atom stereocenters. The van der Waals surface area contributed by atoms with Crippen LogP contribution >= 0.6 is 15.9 Å². The maximum Gasteiger partial charge on any atom is 0.305 e. The fourth-order valence-electron chi connectivity index (χ4n) is 2.82. The van der Waals surface area contributed by atoms with Gasteiger partial charge in [-0.05, 0) is 48.2 Å². The zero-order chi connectivity index (χ0) is 19.3. The second kappa shape index (κ2) is 8.68. The number of hydrogen-bond donors (Lipinski definition) is 1. The molecular formula is C19H22BrNO4S. The molecule has 2 aromatic rings. The van der Waals surface area contributed by atoms with E-state index in [-0.39, 0.29) is 17.9 Å². The van der Waals surface area contributed by atoms with Gasteiger partial charge in [0.15, 0.2) is 0 Å². The summed E-state index contributed by atoms with van der Waals surface area (Å²) < 4.78 is 28.6. The van der Waals surface area contributed by atoms with Crippen molar-refractivity contribution in [1.82, 2.24) is 0 Å². The van der Waals surface area contributed by atoms with E-state index in [0.717, 1.165) is 15.6 Å². The Morgan fingerprint density at radius 1 is 1.04 bits per heavy atom. The van der Waals surface area contributed by atoms with Gasteiger partial charge in [-0.15, -0.1) is 0 Å². The number of carboxylic acids is 1. The number of benzene rings is 2. The van der Waals surface area contributed by atoms with Gasteiger partial charge in [0.2, 0.25) is 0 Å². The molecule has 0 aromatic heterocycles. The Balaban J connectivity index is 2.64. The summed E-state index contributed by atoms with van der Waals surface area (Å²) in [5, 5.41) is 9.11. The highest BCUT2D eigenvalue weighted by molar-refractivity contribution is 9.10. The molecule has 0 aliphatic heterocycles. The SMILES string of the molecule is CCc1cccc(CC)c1N(CCC(=O)O)S(=O)(=O)c1ccc(Br)cc1. The van der Waals surface area contributed by atoms with Gasteiger partial charge in [-0.2, -0.15) is 0 Å². The van der Waals surface area contributed by atoms with E-state index in [1.807, 2.05) is 32.0 Å². The van der Waals surface area contributed by atoms with Gasteiger partial charge in [0.05, 0.1) is 17.0 Å². The Labute approximate surface area is 162 Å². The predicted octanol–water partition coefficient (Wildman–Crippen LogP) is 4.24. The molecule has 0 spiro atoms. The van der Waals surface area contributed by atoms with Crippen molar-refractivity contribution in [3.63, 3.8) is 0 Å². The summed E-state index contributed by atoms with van der Waals surface area (Å²) in [6.45, 7) is 3.80. The third-order valence-electron chi connectivity index (χ3n) is 4.14. The van der Waals surface area contributed by atoms with Gasteiger partial charge in [-0.3, -0.25) is 9.10 Å². The molecule has 0 aliphatic rings. The van der Waals surface area contributed by atoms with E-state index >= 15 is 0 Å². The van der Waals surface area contributed by atoms with Crippen molar-refractivity contribution < 1.29 is 18.3 Å². The van der Waals surface area contributed by atoms with Crippen LogP contribution in [0.25, 0.3) is 0 Å². The minimum absolute atomic E-state index is 0.113. The lowest BCUT2D eigenvalue weighted by Crippen LogP contribution is -2.34. The minimum Gasteiger partial charge on any atom is -0.481 e. The van der Waals surface area contributed by atoms with Crippen LogP contribution in [0.1, 0.15) is 31.4 Å². The topological polar surface area (TPSA) is 74.7 Å². The van der Waals surface area contributed by atoms with Gasteiger partial charge in [-0.25, -0.2) is 8.42 Å². The first-order chi connectivity index (χ1) is 12.3. The lowest BCUT2D eigenvalue weighted by molar-refractivity contribution is -0.136. The number of aliphatic carboxylic acids is 1. The summed E-state index contributed by atoms with van der Waals surface area (Å²) in [4.78, 5) is 11.3. The van der Waals surface area contributed by atoms with Gasteiger partial charge in [0.25, 0.3) is 10.0 Å². The van der Waals surface area contributed by atoms with Crippen molar-refractivity contribution in [2.45, 2.75) is 38.0 Å². The maximum atomic E-state index is 13.3. The molecule has 0 unspecified atom stereocenters. The van der Waals surface area contributed by atoms with Crippen LogP contribution in [0.4, 0.5) is 5.69 Å². The van der Waals surface area contributed by atoms with Crippen LogP contribution in [0.15, 0.2) is 51.8 Å². The van der Waals surface area contributed by atoms with E-state index in [0.29, 0.717) is 18.5 Å². The van der Waals surface area contributed by atoms with Crippen LogP contribution in [-0.4, -0.2) is 26.0 Å². The van der Waals surface area contributed by atoms with E-state index in [2.05, 4.69) is 15.9 Å². The number of carboxylic acid groups (broad SMARTS) is 1. The molecule has 5 nitrogen and oxygen atoms in total. The molecule has 7 heteroatoms. The highest BCUT2D eigenvalue weighted by Gasteiger charge is 2.28. The van der Waals surface area contributed by atoms with Crippen LogP contribution < -0.4 is 4.31 Å². The third-order valence-corrected chi connectivity index (χ3v) is 6.49. The van der Waals surface area contributed by atoms with E-state index in [9.17, 15) is 13.2 Å². The van der Waals surface area contributed by atoms with Crippen LogP contribution in [0.2, 0.25) is 0 Å². The molecule has 0 aliphatic carbocycles. The number of para-hydroxylation sites is 1. The highest BCUT2D eigenvalue weighted by atomic mass is 79.9. The monoisotopic (exact) mass is 439 g/mol. The van der Waals surface area contributed by atoms with Gasteiger partial charge in [0.1, 0.15) is 0 Å². The van der Waals surface area contributed by atoms with Crippen molar-refractivity contribution >= 4 is 37.6 Å². The Morgan fingerprint density at radius 3 is 2.04 bits per heavy atom. The number of anilines is 1. The maximum absolute atomic E-state index is 13.3. The second-order valence-electron chi connectivity index (χ2n) is 5.81. The number of aryl methyl sites for hydroxylation is 2. The summed E-state index contributed by atoms with van der Waals surface area (Å²) in [5.74, 6) is -1.03. The van der Waals surface area contributed by atoms with Crippen molar-refractivity contribution in [3.8, 4) is 0 Å². The summed E-state index contributed by atoms with van der Waals surface area (Å²) in [6.07, 6.45) is 1.04. The fraction of sp³-hybridized carbons (Fsp3) is 0.316. The Morgan fingerprint density at radius 2 is 1.58 bits per heavy atom. The Hall–Kier alpha value is -1.86. The van der Waals surface area contributed by atoms with Gasteiger partial charge >= 0.3 is 5.97 Å². The Bertz CT molecular complexity index is 857. The zero-order valence-corrected chi connectivity index (χ0v) is 17.2. The van der Waals surface area contributed by atoms with E-state index < -0.39 is 16.0 Å². The van der Waals surface area contributed by atoms with E-state index in [1.54, 1.807) is 12.1 Å². The molecule has 26 heavy (non-hydrogen) atoms. The molecule has 0 bridgehead atoms. The van der Waals surface area contributed by atoms with Crippen molar-refractivity contribution in [2.75, 3.05) is 10.8 Å². The first-order valence-corrected chi connectivity index (χ1v) is 10.6. The number of sulfonamides is 1. The standard InChI is InChI=1S/C19H22BrNO4S/c1-3-14-6-5-7-15(4-2)19(14)21(13-12-18(22)23)26(24,25)17-10-8-16(20)9-11-17/h5-11H,3-4,12-13H2,1-2H3,(H,22,23). The van der Waals surface area contributed by atoms with Crippen LogP contribution in [0, 0.1) is 0 Å². The average Bonchev–Trinajstić information content (AvgIpc) is 2.61. The van der Waals surface area contributed by atoms with E-state index in [4.69, 9.17) is 5.11 Å². The Kier molecular flexibility index (Phi) is 6.83. The van der Waals surface area contributed by atoms with Crippen LogP contribution in [0.5, 0.6) is 0 Å². The summed E-state index contributed by atoms with van der Waals surface area (Å²) in [6, 6.07) is 12.0. The summed E-state index contributed by atoms with van der Waals surface area (Å²) >= 11 is 3.30. The molecule has 0 radical (unpaired) electrons. The lowest BCUT2D eigenvalue weighted by Gasteiger charge is -2.28. The van der Waals surface area contributed by atoms with Gasteiger partial charge < -0.3 is 5.11 Å². The predicted molar refractivity (Wildman–Crippen MR) is 106 cm³/mol. The highest BCUT2D eigenvalue weighted by Crippen LogP contribution is 2.32. The van der Waals surface area contributed by atoms with Gasteiger partial charge in [-0.1, -0.05) is 48.0 Å².